The van der Waals surface area contributed by atoms with Crippen molar-refractivity contribution in [3.63, 3.8) is 0 Å². The Balaban J connectivity index is 1.90. The average molecular weight is 415 g/mol. The number of allylic oxidation sites excluding steroid dienone is 1. The second-order valence-electron chi connectivity index (χ2n) is 6.28. The minimum Gasteiger partial charge on any atom is -0.257 e. The van der Waals surface area contributed by atoms with E-state index in [4.69, 9.17) is 0 Å². The van der Waals surface area contributed by atoms with E-state index in [-0.39, 0.29) is 5.82 Å². The average Bonchev–Trinajstić information content (AvgIpc) is 2.70. The quantitative estimate of drug-likeness (QED) is 0.236. The van der Waals surface area contributed by atoms with Crippen LogP contribution in [0.15, 0.2) is 88.8 Å². The standard InChI is InChI=1S/C23H17F4NS/c1-16-2-10-20(11-3-16)28-15-14-22(29-21-12-8-19(24)9-13-21)17-4-6-18(7-5-17)23(25,26)27/h2-15H,1H3. The molecule has 0 aliphatic rings. The Labute approximate surface area is 170 Å². The van der Waals surface area contributed by atoms with E-state index in [0.29, 0.717) is 10.5 Å². The predicted molar refractivity (Wildman–Crippen MR) is 111 cm³/mol. The normalized spacial score (nSPS) is 12.5. The third kappa shape index (κ3) is 6.06. The Hall–Kier alpha value is -2.86. The zero-order valence-electron chi connectivity index (χ0n) is 15.5. The molecule has 0 bridgehead atoms. The topological polar surface area (TPSA) is 12.4 Å². The lowest BCUT2D eigenvalue weighted by molar-refractivity contribution is -0.137. The molecule has 148 valence electrons. The maximum absolute atomic E-state index is 13.2. The largest absolute Gasteiger partial charge is 0.416 e. The fraction of sp³-hybridized carbons (Fsp3) is 0.0870. The van der Waals surface area contributed by atoms with Crippen molar-refractivity contribution in [2.45, 2.75) is 18.0 Å². The van der Waals surface area contributed by atoms with Gasteiger partial charge < -0.3 is 0 Å². The molecule has 1 nitrogen and oxygen atoms in total. The van der Waals surface area contributed by atoms with Gasteiger partial charge in [0, 0.05) is 16.0 Å². The van der Waals surface area contributed by atoms with Crippen molar-refractivity contribution in [1.29, 1.82) is 0 Å². The van der Waals surface area contributed by atoms with E-state index in [2.05, 4.69) is 4.99 Å². The van der Waals surface area contributed by atoms with Crippen molar-refractivity contribution in [3.05, 3.63) is 101 Å². The molecule has 3 aromatic rings. The van der Waals surface area contributed by atoms with Gasteiger partial charge in [-0.1, -0.05) is 41.6 Å². The molecular formula is C23H17F4NS. The van der Waals surface area contributed by atoms with E-state index in [1.807, 2.05) is 31.2 Å². The Morgan fingerprint density at radius 3 is 2.07 bits per heavy atom. The van der Waals surface area contributed by atoms with Crippen LogP contribution in [0.5, 0.6) is 0 Å². The number of benzene rings is 3. The first-order chi connectivity index (χ1) is 13.8. The number of alkyl halides is 3. The van der Waals surface area contributed by atoms with Gasteiger partial charge in [-0.15, -0.1) is 0 Å². The minimum absolute atomic E-state index is 0.352. The third-order valence-electron chi connectivity index (χ3n) is 4.02. The van der Waals surface area contributed by atoms with Crippen LogP contribution in [0.2, 0.25) is 0 Å². The summed E-state index contributed by atoms with van der Waals surface area (Å²) >= 11 is 1.32. The SMILES string of the molecule is Cc1ccc(N=CC=C(Sc2ccc(F)cc2)c2ccc(C(F)(F)F)cc2)cc1. The van der Waals surface area contributed by atoms with E-state index >= 15 is 0 Å². The molecule has 0 saturated heterocycles. The van der Waals surface area contributed by atoms with E-state index in [1.165, 1.54) is 36.0 Å². The van der Waals surface area contributed by atoms with Crippen molar-refractivity contribution < 1.29 is 17.6 Å². The van der Waals surface area contributed by atoms with Gasteiger partial charge in [0.2, 0.25) is 0 Å². The summed E-state index contributed by atoms with van der Waals surface area (Å²) in [6.45, 7) is 1.98. The van der Waals surface area contributed by atoms with Gasteiger partial charge in [0.05, 0.1) is 11.3 Å². The fourth-order valence-corrected chi connectivity index (χ4v) is 3.37. The zero-order valence-corrected chi connectivity index (χ0v) is 16.3. The number of aryl methyl sites for hydroxylation is 1. The van der Waals surface area contributed by atoms with Crippen LogP contribution >= 0.6 is 11.8 Å². The first-order valence-electron chi connectivity index (χ1n) is 8.73. The highest BCUT2D eigenvalue weighted by atomic mass is 32.2. The molecule has 0 saturated carbocycles. The second kappa shape index (κ2) is 9.09. The van der Waals surface area contributed by atoms with E-state index in [0.717, 1.165) is 28.3 Å². The fourth-order valence-electron chi connectivity index (χ4n) is 2.46. The molecule has 0 spiro atoms. The first kappa shape index (κ1) is 20.9. The predicted octanol–water partition coefficient (Wildman–Crippen LogP) is 7.69. The van der Waals surface area contributed by atoms with Gasteiger partial charge in [0.15, 0.2) is 0 Å². The van der Waals surface area contributed by atoms with Crippen LogP contribution in [-0.4, -0.2) is 6.21 Å². The molecule has 3 rings (SSSR count). The molecule has 29 heavy (non-hydrogen) atoms. The first-order valence-corrected chi connectivity index (χ1v) is 9.55. The monoisotopic (exact) mass is 415 g/mol. The Morgan fingerprint density at radius 2 is 1.48 bits per heavy atom. The van der Waals surface area contributed by atoms with Gasteiger partial charge in [-0.05, 0) is 67.1 Å². The smallest absolute Gasteiger partial charge is 0.257 e. The van der Waals surface area contributed by atoms with Crippen molar-refractivity contribution >= 4 is 28.6 Å². The van der Waals surface area contributed by atoms with E-state index < -0.39 is 11.7 Å². The van der Waals surface area contributed by atoms with E-state index in [9.17, 15) is 17.6 Å². The minimum atomic E-state index is -4.39. The van der Waals surface area contributed by atoms with E-state index in [1.54, 1.807) is 24.4 Å². The number of thioether (sulfide) groups is 1. The molecule has 0 heterocycles. The molecule has 0 atom stereocenters. The molecule has 6 heteroatoms. The lowest BCUT2D eigenvalue weighted by Crippen LogP contribution is -2.04. The summed E-state index contributed by atoms with van der Waals surface area (Å²) in [7, 11) is 0. The van der Waals surface area contributed by atoms with Crippen LogP contribution in [0.1, 0.15) is 16.7 Å². The highest BCUT2D eigenvalue weighted by Crippen LogP contribution is 2.36. The number of aliphatic imine (C=N–C) groups is 1. The van der Waals surface area contributed by atoms with Crippen LogP contribution in [0.3, 0.4) is 0 Å². The lowest BCUT2D eigenvalue weighted by atomic mass is 10.1. The van der Waals surface area contributed by atoms with Crippen molar-refractivity contribution in [2.75, 3.05) is 0 Å². The van der Waals surface area contributed by atoms with Gasteiger partial charge in [-0.3, -0.25) is 4.99 Å². The molecular weight excluding hydrogens is 398 g/mol. The van der Waals surface area contributed by atoms with Gasteiger partial charge in [-0.25, -0.2) is 4.39 Å². The van der Waals surface area contributed by atoms with Crippen LogP contribution in [0, 0.1) is 12.7 Å². The summed E-state index contributed by atoms with van der Waals surface area (Å²) in [5.41, 5.74) is 1.80. The lowest BCUT2D eigenvalue weighted by Gasteiger charge is -2.10. The number of hydrogen-bond acceptors (Lipinski definition) is 2. The Kier molecular flexibility index (Phi) is 6.54. The van der Waals surface area contributed by atoms with Gasteiger partial charge >= 0.3 is 6.18 Å². The summed E-state index contributed by atoms with van der Waals surface area (Å²) in [5.74, 6) is -0.352. The Morgan fingerprint density at radius 1 is 0.862 bits per heavy atom. The van der Waals surface area contributed by atoms with Gasteiger partial charge in [0.25, 0.3) is 0 Å². The highest BCUT2D eigenvalue weighted by Gasteiger charge is 2.30. The summed E-state index contributed by atoms with van der Waals surface area (Å²) in [6, 6.07) is 18.5. The molecule has 0 unspecified atom stereocenters. The van der Waals surface area contributed by atoms with Crippen molar-refractivity contribution in [2.24, 2.45) is 4.99 Å². The highest BCUT2D eigenvalue weighted by molar-refractivity contribution is 8.08. The second-order valence-corrected chi connectivity index (χ2v) is 7.39. The molecule has 3 aromatic carbocycles. The molecule has 0 radical (unpaired) electrons. The van der Waals surface area contributed by atoms with Crippen LogP contribution in [-0.2, 0) is 6.18 Å². The van der Waals surface area contributed by atoms with Crippen molar-refractivity contribution in [1.82, 2.24) is 0 Å². The van der Waals surface area contributed by atoms with Gasteiger partial charge in [-0.2, -0.15) is 13.2 Å². The number of nitrogens with zero attached hydrogens (tertiary/aromatic N) is 1. The summed E-state index contributed by atoms with van der Waals surface area (Å²) in [5, 5.41) is 0. The van der Waals surface area contributed by atoms with Gasteiger partial charge in [0.1, 0.15) is 5.82 Å². The summed E-state index contributed by atoms with van der Waals surface area (Å²) < 4.78 is 51.7. The zero-order chi connectivity index (χ0) is 20.9. The molecule has 0 aromatic heterocycles. The third-order valence-corrected chi connectivity index (χ3v) is 5.12. The molecule has 0 N–H and O–H groups in total. The summed E-state index contributed by atoms with van der Waals surface area (Å²) in [4.78, 5) is 5.83. The maximum Gasteiger partial charge on any atom is 0.416 e. The number of halogens is 4. The maximum atomic E-state index is 13.2. The molecule has 0 aliphatic heterocycles. The van der Waals surface area contributed by atoms with Crippen LogP contribution < -0.4 is 0 Å². The molecule has 0 aliphatic carbocycles. The van der Waals surface area contributed by atoms with Crippen LogP contribution in [0.4, 0.5) is 23.2 Å². The number of rotatable bonds is 5. The Bertz CT molecular complexity index is 1000. The number of hydrogen-bond donors (Lipinski definition) is 0. The van der Waals surface area contributed by atoms with Crippen LogP contribution in [0.25, 0.3) is 4.91 Å². The summed E-state index contributed by atoms with van der Waals surface area (Å²) in [6.07, 6.45) is -1.05. The van der Waals surface area contributed by atoms with Crippen molar-refractivity contribution in [3.8, 4) is 0 Å². The molecule has 0 fully saturated rings. The molecule has 0 amide bonds.